The Balaban J connectivity index is 2.39. The second-order valence-corrected chi connectivity index (χ2v) is 6.70. The van der Waals surface area contributed by atoms with Crippen molar-refractivity contribution in [2.45, 2.75) is 20.3 Å². The van der Waals surface area contributed by atoms with Crippen molar-refractivity contribution in [3.05, 3.63) is 0 Å². The van der Waals surface area contributed by atoms with E-state index in [4.69, 9.17) is 5.73 Å². The summed E-state index contributed by atoms with van der Waals surface area (Å²) in [5, 5.41) is 0. The fourth-order valence-electron chi connectivity index (χ4n) is 1.99. The van der Waals surface area contributed by atoms with E-state index in [1.54, 1.807) is 0 Å². The van der Waals surface area contributed by atoms with E-state index in [2.05, 4.69) is 16.5 Å². The molecule has 1 heterocycles. The molecule has 1 rings (SSSR count). The van der Waals surface area contributed by atoms with Crippen LogP contribution in [0.4, 0.5) is 0 Å². The van der Waals surface area contributed by atoms with Crippen molar-refractivity contribution in [2.75, 3.05) is 45.8 Å². The highest BCUT2D eigenvalue weighted by atomic mass is 32.2. The van der Waals surface area contributed by atoms with Gasteiger partial charge in [-0.05, 0) is 18.9 Å². The van der Waals surface area contributed by atoms with Crippen molar-refractivity contribution in [1.82, 2.24) is 13.9 Å². The average molecular weight is 278 g/mol. The smallest absolute Gasteiger partial charge is 0.279 e. The van der Waals surface area contributed by atoms with E-state index in [1.807, 2.05) is 6.92 Å². The highest BCUT2D eigenvalue weighted by molar-refractivity contribution is 7.87. The average Bonchev–Trinajstić information content (AvgIpc) is 2.37. The summed E-state index contributed by atoms with van der Waals surface area (Å²) in [5.41, 5.74) is 5.60. The predicted molar refractivity (Wildman–Crippen MR) is 73.4 cm³/mol. The number of rotatable bonds is 7. The van der Waals surface area contributed by atoms with E-state index < -0.39 is 10.2 Å². The summed E-state index contributed by atoms with van der Waals surface area (Å²) in [5.74, 6) is 0.464. The quantitative estimate of drug-likeness (QED) is 0.654. The highest BCUT2D eigenvalue weighted by Gasteiger charge is 2.26. The summed E-state index contributed by atoms with van der Waals surface area (Å²) < 4.78 is 28.0. The van der Waals surface area contributed by atoms with Gasteiger partial charge in [-0.25, -0.2) is 4.72 Å². The van der Waals surface area contributed by atoms with Crippen LogP contribution in [0.1, 0.15) is 20.3 Å². The highest BCUT2D eigenvalue weighted by Crippen LogP contribution is 2.08. The molecule has 3 N–H and O–H groups in total. The lowest BCUT2D eigenvalue weighted by Gasteiger charge is -2.35. The van der Waals surface area contributed by atoms with Crippen LogP contribution < -0.4 is 10.5 Å². The Hall–Kier alpha value is -0.210. The molecule has 1 atom stereocenters. The summed E-state index contributed by atoms with van der Waals surface area (Å²) in [6, 6.07) is 0. The molecule has 0 spiro atoms. The monoisotopic (exact) mass is 278 g/mol. The van der Waals surface area contributed by atoms with Crippen molar-refractivity contribution in [1.29, 1.82) is 0 Å². The van der Waals surface area contributed by atoms with E-state index >= 15 is 0 Å². The lowest BCUT2D eigenvalue weighted by atomic mass is 10.1. The standard InChI is InChI=1S/C11H26N4O2S/c1-3-4-13-18(16,17)15-7-5-14(6-8-15)10-11(2)9-12/h11,13H,3-10,12H2,1-2H3. The molecule has 0 radical (unpaired) electrons. The van der Waals surface area contributed by atoms with Gasteiger partial charge in [0, 0.05) is 39.3 Å². The molecule has 0 aromatic rings. The number of hydrogen-bond acceptors (Lipinski definition) is 4. The van der Waals surface area contributed by atoms with Gasteiger partial charge >= 0.3 is 0 Å². The van der Waals surface area contributed by atoms with Gasteiger partial charge in [0.05, 0.1) is 0 Å². The summed E-state index contributed by atoms with van der Waals surface area (Å²) >= 11 is 0. The Labute approximate surface area is 111 Å². The normalized spacial score (nSPS) is 21.1. The topological polar surface area (TPSA) is 78.7 Å². The van der Waals surface area contributed by atoms with Crippen LogP contribution in [0.25, 0.3) is 0 Å². The van der Waals surface area contributed by atoms with Gasteiger partial charge in [0.25, 0.3) is 10.2 Å². The van der Waals surface area contributed by atoms with Crippen LogP contribution in [0, 0.1) is 5.92 Å². The van der Waals surface area contributed by atoms with Crippen molar-refractivity contribution in [3.8, 4) is 0 Å². The first kappa shape index (κ1) is 15.8. The van der Waals surface area contributed by atoms with Crippen molar-refractivity contribution >= 4 is 10.2 Å². The molecule has 1 aliphatic rings. The molecule has 108 valence electrons. The molecule has 0 bridgehead atoms. The molecule has 0 saturated carbocycles. The Bertz CT molecular complexity index is 326. The fraction of sp³-hybridized carbons (Fsp3) is 1.00. The van der Waals surface area contributed by atoms with Gasteiger partial charge in [-0.3, -0.25) is 0 Å². The molecule has 6 nitrogen and oxygen atoms in total. The van der Waals surface area contributed by atoms with Gasteiger partial charge in [-0.15, -0.1) is 0 Å². The molecule has 18 heavy (non-hydrogen) atoms. The minimum atomic E-state index is -3.27. The van der Waals surface area contributed by atoms with E-state index in [9.17, 15) is 8.42 Å². The Morgan fingerprint density at radius 1 is 1.28 bits per heavy atom. The van der Waals surface area contributed by atoms with E-state index in [0.717, 1.165) is 26.1 Å². The van der Waals surface area contributed by atoms with Gasteiger partial charge in [-0.2, -0.15) is 12.7 Å². The first-order chi connectivity index (χ1) is 8.49. The largest absolute Gasteiger partial charge is 0.330 e. The van der Waals surface area contributed by atoms with Crippen LogP contribution >= 0.6 is 0 Å². The molecule has 0 aromatic heterocycles. The van der Waals surface area contributed by atoms with Gasteiger partial charge in [0.2, 0.25) is 0 Å². The molecule has 0 amide bonds. The third-order valence-electron chi connectivity index (χ3n) is 3.18. The van der Waals surface area contributed by atoms with Crippen molar-refractivity contribution in [2.24, 2.45) is 11.7 Å². The molecule has 0 aromatic carbocycles. The number of nitrogens with two attached hydrogens (primary N) is 1. The lowest BCUT2D eigenvalue weighted by molar-refractivity contribution is 0.169. The maximum Gasteiger partial charge on any atom is 0.279 e. The summed E-state index contributed by atoms with van der Waals surface area (Å²) in [6.45, 7) is 8.91. The summed E-state index contributed by atoms with van der Waals surface area (Å²) in [4.78, 5) is 2.28. The van der Waals surface area contributed by atoms with E-state index in [-0.39, 0.29) is 0 Å². The summed E-state index contributed by atoms with van der Waals surface area (Å²) in [7, 11) is -3.27. The molecule has 1 saturated heterocycles. The maximum atomic E-state index is 11.9. The maximum absolute atomic E-state index is 11.9. The Kier molecular flexibility index (Phi) is 6.51. The third kappa shape index (κ3) is 4.81. The number of hydrogen-bond donors (Lipinski definition) is 2. The predicted octanol–water partition coefficient (Wildman–Crippen LogP) is -0.557. The van der Waals surface area contributed by atoms with Crippen LogP contribution in [0.2, 0.25) is 0 Å². The molecule has 1 unspecified atom stereocenters. The number of nitrogens with zero attached hydrogens (tertiary/aromatic N) is 2. The molecule has 1 aliphatic heterocycles. The SMILES string of the molecule is CCCNS(=O)(=O)N1CCN(CC(C)CN)CC1. The summed E-state index contributed by atoms with van der Waals surface area (Å²) in [6.07, 6.45) is 0.813. The molecular weight excluding hydrogens is 252 g/mol. The Morgan fingerprint density at radius 3 is 2.39 bits per heavy atom. The van der Waals surface area contributed by atoms with Crippen LogP contribution in [0.15, 0.2) is 0 Å². The molecule has 7 heteroatoms. The van der Waals surface area contributed by atoms with Crippen LogP contribution in [0.5, 0.6) is 0 Å². The van der Waals surface area contributed by atoms with Crippen LogP contribution in [0.3, 0.4) is 0 Å². The first-order valence-electron chi connectivity index (χ1n) is 6.66. The second kappa shape index (κ2) is 7.40. The lowest BCUT2D eigenvalue weighted by Crippen LogP contribution is -2.52. The first-order valence-corrected chi connectivity index (χ1v) is 8.10. The van der Waals surface area contributed by atoms with E-state index in [0.29, 0.717) is 32.1 Å². The van der Waals surface area contributed by atoms with Crippen molar-refractivity contribution < 1.29 is 8.42 Å². The Morgan fingerprint density at radius 2 is 1.89 bits per heavy atom. The van der Waals surface area contributed by atoms with Gasteiger partial charge < -0.3 is 10.6 Å². The minimum Gasteiger partial charge on any atom is -0.330 e. The number of nitrogens with one attached hydrogen (secondary N) is 1. The zero-order chi connectivity index (χ0) is 13.6. The third-order valence-corrected chi connectivity index (χ3v) is 4.79. The molecule has 0 aliphatic carbocycles. The molecule has 1 fully saturated rings. The van der Waals surface area contributed by atoms with Crippen LogP contribution in [-0.4, -0.2) is 63.4 Å². The zero-order valence-corrected chi connectivity index (χ0v) is 12.2. The molecular formula is C11H26N4O2S. The van der Waals surface area contributed by atoms with Gasteiger partial charge in [0.1, 0.15) is 0 Å². The zero-order valence-electron chi connectivity index (χ0n) is 11.4. The number of piperazine rings is 1. The second-order valence-electron chi connectivity index (χ2n) is 4.94. The minimum absolute atomic E-state index is 0.464. The van der Waals surface area contributed by atoms with E-state index in [1.165, 1.54) is 4.31 Å². The fourth-order valence-corrected chi connectivity index (χ4v) is 3.28. The van der Waals surface area contributed by atoms with Crippen molar-refractivity contribution in [3.63, 3.8) is 0 Å². The van der Waals surface area contributed by atoms with Gasteiger partial charge in [-0.1, -0.05) is 13.8 Å². The van der Waals surface area contributed by atoms with Gasteiger partial charge in [0.15, 0.2) is 0 Å². The van der Waals surface area contributed by atoms with Crippen LogP contribution in [-0.2, 0) is 10.2 Å².